The molecular formula is C56H33NS. The molecule has 1 heterocycles. The molecule has 11 aromatic rings. The van der Waals surface area contributed by atoms with Crippen LogP contribution >= 0.6 is 11.3 Å². The Hall–Kier alpha value is -7.13. The summed E-state index contributed by atoms with van der Waals surface area (Å²) in [5.74, 6) is 0. The van der Waals surface area contributed by atoms with Crippen molar-refractivity contribution in [3.63, 3.8) is 0 Å². The maximum atomic E-state index is 5.09. The first-order valence-electron chi connectivity index (χ1n) is 20.0. The van der Waals surface area contributed by atoms with Crippen LogP contribution in [0.1, 0.15) is 22.3 Å². The normalized spacial score (nSPS) is 13.3. The van der Waals surface area contributed by atoms with Gasteiger partial charge in [-0.2, -0.15) is 0 Å². The van der Waals surface area contributed by atoms with Crippen LogP contribution in [0.2, 0.25) is 0 Å². The molecule has 2 heteroatoms. The monoisotopic (exact) mass is 751 g/mol. The number of benzene rings is 10. The Kier molecular flexibility index (Phi) is 6.59. The van der Waals surface area contributed by atoms with Crippen LogP contribution in [0, 0.1) is 0 Å². The number of fused-ring (bicyclic) bond motifs is 17. The van der Waals surface area contributed by atoms with E-state index < -0.39 is 5.41 Å². The summed E-state index contributed by atoms with van der Waals surface area (Å²) in [7, 11) is 0. The Bertz CT molecular complexity index is 3470. The summed E-state index contributed by atoms with van der Waals surface area (Å²) in [5, 5.41) is 8.67. The van der Waals surface area contributed by atoms with E-state index in [-0.39, 0.29) is 0 Å². The van der Waals surface area contributed by atoms with Crippen molar-refractivity contribution in [1.29, 1.82) is 0 Å². The molecule has 58 heavy (non-hydrogen) atoms. The number of hydrogen-bond donors (Lipinski definition) is 0. The molecule has 0 saturated carbocycles. The summed E-state index contributed by atoms with van der Waals surface area (Å²) in [6.07, 6.45) is 0. The van der Waals surface area contributed by atoms with Crippen LogP contribution in [0.15, 0.2) is 200 Å². The number of thiazole rings is 1. The van der Waals surface area contributed by atoms with Gasteiger partial charge in [-0.05, 0) is 118 Å². The Balaban J connectivity index is 0.993. The second kappa shape index (κ2) is 11.9. The SMILES string of the molecule is c1ccc(-c2nc3ccc4ccc5ccc(-c6cccc(-c7ccc8c(c7)C7(c9ccccc9-c9ccccc97)c7c-8ccc8ccccc78)c6)cc5c4c3s2)cc1. The van der Waals surface area contributed by atoms with Crippen LogP contribution in [0.3, 0.4) is 0 Å². The van der Waals surface area contributed by atoms with Crippen molar-refractivity contribution >= 4 is 53.9 Å². The minimum Gasteiger partial charge on any atom is -0.236 e. The van der Waals surface area contributed by atoms with Gasteiger partial charge in [0.1, 0.15) is 5.01 Å². The van der Waals surface area contributed by atoms with Gasteiger partial charge in [0.2, 0.25) is 0 Å². The quantitative estimate of drug-likeness (QED) is 0.164. The van der Waals surface area contributed by atoms with Gasteiger partial charge in [0.15, 0.2) is 0 Å². The Morgan fingerprint density at radius 2 is 0.931 bits per heavy atom. The predicted octanol–water partition coefficient (Wildman–Crippen LogP) is 15.1. The molecule has 10 aromatic carbocycles. The van der Waals surface area contributed by atoms with Gasteiger partial charge >= 0.3 is 0 Å². The third-order valence-electron chi connectivity index (χ3n) is 12.9. The summed E-state index contributed by atoms with van der Waals surface area (Å²) in [6.45, 7) is 0. The van der Waals surface area contributed by atoms with Crippen molar-refractivity contribution in [2.75, 3.05) is 0 Å². The van der Waals surface area contributed by atoms with Crippen LogP contribution in [-0.4, -0.2) is 4.98 Å². The highest BCUT2D eigenvalue weighted by molar-refractivity contribution is 7.22. The third kappa shape index (κ3) is 4.33. The molecule has 1 spiro atoms. The molecule has 1 aromatic heterocycles. The van der Waals surface area contributed by atoms with Crippen molar-refractivity contribution in [3.05, 3.63) is 222 Å². The van der Waals surface area contributed by atoms with Gasteiger partial charge in [-0.1, -0.05) is 176 Å². The Labute approximate surface area is 340 Å². The van der Waals surface area contributed by atoms with Crippen molar-refractivity contribution in [2.24, 2.45) is 0 Å². The lowest BCUT2D eigenvalue weighted by Gasteiger charge is -2.31. The van der Waals surface area contributed by atoms with E-state index in [2.05, 4.69) is 200 Å². The van der Waals surface area contributed by atoms with Gasteiger partial charge in [-0.25, -0.2) is 4.98 Å². The lowest BCUT2D eigenvalue weighted by molar-refractivity contribution is 0.801. The average molecular weight is 752 g/mol. The molecule has 1 nitrogen and oxygen atoms in total. The van der Waals surface area contributed by atoms with Crippen LogP contribution < -0.4 is 0 Å². The molecule has 2 aliphatic rings. The highest BCUT2D eigenvalue weighted by Gasteiger charge is 2.52. The first-order valence-corrected chi connectivity index (χ1v) is 20.8. The van der Waals surface area contributed by atoms with Crippen molar-refractivity contribution in [3.8, 4) is 55.1 Å². The maximum Gasteiger partial charge on any atom is 0.124 e. The summed E-state index contributed by atoms with van der Waals surface area (Å²) in [6, 6.07) is 74.5. The summed E-state index contributed by atoms with van der Waals surface area (Å²) >= 11 is 1.79. The van der Waals surface area contributed by atoms with Crippen LogP contribution in [0.25, 0.3) is 97.6 Å². The van der Waals surface area contributed by atoms with Crippen LogP contribution in [0.4, 0.5) is 0 Å². The zero-order valence-corrected chi connectivity index (χ0v) is 32.2. The van der Waals surface area contributed by atoms with Gasteiger partial charge in [-0.3, -0.25) is 0 Å². The van der Waals surface area contributed by atoms with E-state index in [0.29, 0.717) is 0 Å². The fourth-order valence-corrected chi connectivity index (χ4v) is 11.5. The van der Waals surface area contributed by atoms with Crippen LogP contribution in [-0.2, 0) is 5.41 Å². The van der Waals surface area contributed by atoms with Crippen molar-refractivity contribution < 1.29 is 0 Å². The van der Waals surface area contributed by atoms with E-state index in [4.69, 9.17) is 4.98 Å². The molecule has 0 N–H and O–H groups in total. The highest BCUT2D eigenvalue weighted by Crippen LogP contribution is 2.64. The molecule has 0 saturated heterocycles. The fourth-order valence-electron chi connectivity index (χ4n) is 10.4. The maximum absolute atomic E-state index is 5.09. The summed E-state index contributed by atoms with van der Waals surface area (Å²) in [4.78, 5) is 5.09. The molecule has 13 rings (SSSR count). The zero-order valence-electron chi connectivity index (χ0n) is 31.4. The van der Waals surface area contributed by atoms with E-state index in [1.54, 1.807) is 11.3 Å². The van der Waals surface area contributed by atoms with Crippen molar-refractivity contribution in [1.82, 2.24) is 4.98 Å². The van der Waals surface area contributed by atoms with E-state index >= 15 is 0 Å². The second-order valence-corrected chi connectivity index (χ2v) is 16.8. The lowest BCUT2D eigenvalue weighted by atomic mass is 9.69. The molecule has 0 bridgehead atoms. The molecule has 0 atom stereocenters. The van der Waals surface area contributed by atoms with E-state index in [9.17, 15) is 0 Å². The summed E-state index contributed by atoms with van der Waals surface area (Å²) in [5.41, 5.74) is 17.4. The zero-order chi connectivity index (χ0) is 38.0. The highest BCUT2D eigenvalue weighted by atomic mass is 32.1. The third-order valence-corrected chi connectivity index (χ3v) is 14.0. The van der Waals surface area contributed by atoms with E-state index in [1.807, 2.05) is 0 Å². The van der Waals surface area contributed by atoms with Gasteiger partial charge in [0, 0.05) is 10.9 Å². The minimum absolute atomic E-state index is 0.423. The Morgan fingerprint density at radius 3 is 1.76 bits per heavy atom. The number of rotatable bonds is 3. The number of hydrogen-bond acceptors (Lipinski definition) is 2. The summed E-state index contributed by atoms with van der Waals surface area (Å²) < 4.78 is 1.24. The number of aromatic nitrogens is 1. The topological polar surface area (TPSA) is 12.9 Å². The van der Waals surface area contributed by atoms with E-state index in [1.165, 1.54) is 104 Å². The molecule has 268 valence electrons. The largest absolute Gasteiger partial charge is 0.236 e. The first kappa shape index (κ1) is 32.0. The van der Waals surface area contributed by atoms with Gasteiger partial charge in [0.05, 0.1) is 15.6 Å². The van der Waals surface area contributed by atoms with Gasteiger partial charge in [0.25, 0.3) is 0 Å². The predicted molar refractivity (Wildman–Crippen MR) is 245 cm³/mol. The minimum atomic E-state index is -0.423. The van der Waals surface area contributed by atoms with Gasteiger partial charge in [-0.15, -0.1) is 11.3 Å². The van der Waals surface area contributed by atoms with E-state index in [0.717, 1.165) is 16.1 Å². The first-order chi connectivity index (χ1) is 28.7. The number of nitrogens with zero attached hydrogens (tertiary/aromatic N) is 1. The lowest BCUT2D eigenvalue weighted by Crippen LogP contribution is -2.26. The second-order valence-electron chi connectivity index (χ2n) is 15.8. The smallest absolute Gasteiger partial charge is 0.124 e. The fraction of sp³-hybridized carbons (Fsp3) is 0.0179. The van der Waals surface area contributed by atoms with Crippen molar-refractivity contribution in [2.45, 2.75) is 5.41 Å². The van der Waals surface area contributed by atoms with Gasteiger partial charge < -0.3 is 0 Å². The molecule has 0 amide bonds. The molecule has 0 aliphatic heterocycles. The molecular weight excluding hydrogens is 719 g/mol. The molecule has 0 radical (unpaired) electrons. The Morgan fingerprint density at radius 1 is 0.362 bits per heavy atom. The van der Waals surface area contributed by atoms with Crippen LogP contribution in [0.5, 0.6) is 0 Å². The molecule has 2 aliphatic carbocycles. The molecule has 0 unspecified atom stereocenters. The standard InChI is InChI=1S/C56H33NS/c1-2-12-37(13-3-1)55-57-51-30-27-36-23-21-35-22-24-40(32-47(35)52(36)54(51)58-55)38-14-10-15-39(31-38)41-26-28-45-46-29-25-34-11-4-5-16-42(34)53(46)56(50(45)33-41)48-19-8-6-17-43(48)44-18-7-9-20-49(44)56/h1-33H. The average Bonchev–Trinajstić information content (AvgIpc) is 3.96. The molecule has 0 fully saturated rings.